The topological polar surface area (TPSA) is 64.1 Å². The summed E-state index contributed by atoms with van der Waals surface area (Å²) in [6.07, 6.45) is 2.19. The standard InChI is InChI=1S/C21H35N3O3.HI/c1-4-22-21(23-11-5-13-26-20-10-14-25-16-20)24-12-15-27-19-8-6-18(7-9-19)17(2)3;/h6-9,17,20H,4-5,10-16H2,1-3H3,(H2,22,23,24);1H. The molecule has 28 heavy (non-hydrogen) atoms. The van der Waals surface area contributed by atoms with Gasteiger partial charge in [0.05, 0.1) is 19.3 Å². The molecule has 0 spiro atoms. The molecule has 7 heteroatoms. The van der Waals surface area contributed by atoms with E-state index in [0.717, 1.165) is 57.5 Å². The minimum atomic E-state index is 0. The first-order valence-corrected chi connectivity index (χ1v) is 10.1. The Morgan fingerprint density at radius 1 is 1.21 bits per heavy atom. The van der Waals surface area contributed by atoms with Gasteiger partial charge < -0.3 is 24.8 Å². The first-order valence-electron chi connectivity index (χ1n) is 10.1. The largest absolute Gasteiger partial charge is 0.492 e. The van der Waals surface area contributed by atoms with Gasteiger partial charge in [-0.05, 0) is 43.4 Å². The molecule has 0 aromatic heterocycles. The second kappa shape index (κ2) is 14.9. The molecule has 0 bridgehead atoms. The number of hydrogen-bond acceptors (Lipinski definition) is 4. The van der Waals surface area contributed by atoms with Crippen LogP contribution in [0.5, 0.6) is 5.75 Å². The fraction of sp³-hybridized carbons (Fsp3) is 0.667. The Labute approximate surface area is 186 Å². The monoisotopic (exact) mass is 505 g/mol. The Bertz CT molecular complexity index is 546. The lowest BCUT2D eigenvalue weighted by atomic mass is 10.0. The number of ether oxygens (including phenoxy) is 3. The third-order valence-corrected chi connectivity index (χ3v) is 4.37. The van der Waals surface area contributed by atoms with Crippen LogP contribution in [0.15, 0.2) is 29.3 Å². The number of rotatable bonds is 11. The molecule has 0 aliphatic carbocycles. The highest BCUT2D eigenvalue weighted by Gasteiger charge is 2.15. The summed E-state index contributed by atoms with van der Waals surface area (Å²) in [4.78, 5) is 4.58. The van der Waals surface area contributed by atoms with Crippen molar-refractivity contribution in [3.8, 4) is 5.75 Å². The van der Waals surface area contributed by atoms with Gasteiger partial charge in [0, 0.05) is 26.3 Å². The van der Waals surface area contributed by atoms with Crippen molar-refractivity contribution < 1.29 is 14.2 Å². The maximum Gasteiger partial charge on any atom is 0.191 e. The molecule has 1 aliphatic heterocycles. The number of halogens is 1. The van der Waals surface area contributed by atoms with Crippen molar-refractivity contribution in [2.45, 2.75) is 45.6 Å². The summed E-state index contributed by atoms with van der Waals surface area (Å²) in [7, 11) is 0. The van der Waals surface area contributed by atoms with Crippen molar-refractivity contribution in [2.24, 2.45) is 4.99 Å². The second-order valence-electron chi connectivity index (χ2n) is 6.97. The van der Waals surface area contributed by atoms with E-state index in [2.05, 4.69) is 48.5 Å². The zero-order valence-electron chi connectivity index (χ0n) is 17.4. The smallest absolute Gasteiger partial charge is 0.191 e. The van der Waals surface area contributed by atoms with Crippen molar-refractivity contribution in [3.63, 3.8) is 0 Å². The minimum Gasteiger partial charge on any atom is -0.492 e. The predicted octanol–water partition coefficient (Wildman–Crippen LogP) is 3.56. The van der Waals surface area contributed by atoms with E-state index in [4.69, 9.17) is 14.2 Å². The second-order valence-corrected chi connectivity index (χ2v) is 6.97. The van der Waals surface area contributed by atoms with Gasteiger partial charge in [-0.1, -0.05) is 26.0 Å². The molecular formula is C21H36IN3O3. The molecule has 0 amide bonds. The fourth-order valence-electron chi connectivity index (χ4n) is 2.78. The molecule has 1 aromatic rings. The van der Waals surface area contributed by atoms with Gasteiger partial charge in [-0.15, -0.1) is 24.0 Å². The molecule has 1 aromatic carbocycles. The maximum atomic E-state index is 5.79. The van der Waals surface area contributed by atoms with E-state index in [-0.39, 0.29) is 30.1 Å². The third-order valence-electron chi connectivity index (χ3n) is 4.37. The summed E-state index contributed by atoms with van der Waals surface area (Å²) in [5, 5.41) is 6.56. The lowest BCUT2D eigenvalue weighted by molar-refractivity contribution is 0.0424. The van der Waals surface area contributed by atoms with E-state index in [1.165, 1.54) is 5.56 Å². The van der Waals surface area contributed by atoms with Gasteiger partial charge in [-0.3, -0.25) is 4.99 Å². The Hall–Kier alpha value is -1.06. The summed E-state index contributed by atoms with van der Waals surface area (Å²) in [5.74, 6) is 2.26. The first kappa shape index (κ1) is 25.0. The molecule has 6 nitrogen and oxygen atoms in total. The number of hydrogen-bond donors (Lipinski definition) is 2. The maximum absolute atomic E-state index is 5.79. The number of benzene rings is 1. The molecule has 2 N–H and O–H groups in total. The molecule has 1 saturated heterocycles. The van der Waals surface area contributed by atoms with Crippen molar-refractivity contribution in [3.05, 3.63) is 29.8 Å². The van der Waals surface area contributed by atoms with E-state index in [0.29, 0.717) is 19.1 Å². The van der Waals surface area contributed by atoms with E-state index in [9.17, 15) is 0 Å². The van der Waals surface area contributed by atoms with Crippen LogP contribution in [0.2, 0.25) is 0 Å². The van der Waals surface area contributed by atoms with Gasteiger partial charge in [-0.25, -0.2) is 0 Å². The lowest BCUT2D eigenvalue weighted by Gasteiger charge is -2.13. The molecule has 1 aliphatic rings. The zero-order valence-corrected chi connectivity index (χ0v) is 19.7. The molecule has 2 rings (SSSR count). The van der Waals surface area contributed by atoms with Crippen LogP contribution in [-0.4, -0.2) is 58.1 Å². The highest BCUT2D eigenvalue weighted by molar-refractivity contribution is 14.0. The zero-order chi connectivity index (χ0) is 19.3. The van der Waals surface area contributed by atoms with Crippen LogP contribution in [0.25, 0.3) is 0 Å². The molecule has 1 heterocycles. The van der Waals surface area contributed by atoms with E-state index < -0.39 is 0 Å². The van der Waals surface area contributed by atoms with Crippen LogP contribution < -0.4 is 15.4 Å². The predicted molar refractivity (Wildman–Crippen MR) is 125 cm³/mol. The quantitative estimate of drug-likeness (QED) is 0.209. The van der Waals surface area contributed by atoms with E-state index in [1.54, 1.807) is 0 Å². The molecule has 160 valence electrons. The third kappa shape index (κ3) is 9.93. The highest BCUT2D eigenvalue weighted by Crippen LogP contribution is 2.18. The molecule has 1 atom stereocenters. The summed E-state index contributed by atoms with van der Waals surface area (Å²) < 4.78 is 16.9. The van der Waals surface area contributed by atoms with Crippen LogP contribution >= 0.6 is 24.0 Å². The van der Waals surface area contributed by atoms with Crippen LogP contribution in [-0.2, 0) is 9.47 Å². The molecule has 1 unspecified atom stereocenters. The Morgan fingerprint density at radius 3 is 2.64 bits per heavy atom. The van der Waals surface area contributed by atoms with Gasteiger partial charge in [0.2, 0.25) is 0 Å². The average molecular weight is 505 g/mol. The molecule has 1 fully saturated rings. The number of nitrogens with zero attached hydrogens (tertiary/aromatic N) is 1. The van der Waals surface area contributed by atoms with Crippen LogP contribution in [0.3, 0.4) is 0 Å². The molecule has 0 radical (unpaired) electrons. The van der Waals surface area contributed by atoms with Gasteiger partial charge >= 0.3 is 0 Å². The Kier molecular flexibility index (Phi) is 13.3. The van der Waals surface area contributed by atoms with Crippen molar-refractivity contribution in [1.29, 1.82) is 0 Å². The van der Waals surface area contributed by atoms with Gasteiger partial charge in [0.1, 0.15) is 12.4 Å². The molecular weight excluding hydrogens is 469 g/mol. The molecule has 0 saturated carbocycles. The Balaban J connectivity index is 0.00000392. The summed E-state index contributed by atoms with van der Waals surface area (Å²) >= 11 is 0. The van der Waals surface area contributed by atoms with Gasteiger partial charge in [-0.2, -0.15) is 0 Å². The Morgan fingerprint density at radius 2 is 2.00 bits per heavy atom. The number of aliphatic imine (C=N–C) groups is 1. The van der Waals surface area contributed by atoms with E-state index >= 15 is 0 Å². The van der Waals surface area contributed by atoms with Crippen LogP contribution in [0.1, 0.15) is 45.1 Å². The summed E-state index contributed by atoms with van der Waals surface area (Å²) in [6.45, 7) is 11.6. The first-order chi connectivity index (χ1) is 13.2. The number of nitrogens with one attached hydrogen (secondary N) is 2. The van der Waals surface area contributed by atoms with Gasteiger partial charge in [0.15, 0.2) is 5.96 Å². The van der Waals surface area contributed by atoms with Crippen LogP contribution in [0.4, 0.5) is 0 Å². The normalized spacial score (nSPS) is 16.7. The van der Waals surface area contributed by atoms with Crippen molar-refractivity contribution >= 4 is 29.9 Å². The lowest BCUT2D eigenvalue weighted by Crippen LogP contribution is -2.39. The van der Waals surface area contributed by atoms with Gasteiger partial charge in [0.25, 0.3) is 0 Å². The van der Waals surface area contributed by atoms with Crippen molar-refractivity contribution in [1.82, 2.24) is 10.6 Å². The van der Waals surface area contributed by atoms with Crippen molar-refractivity contribution in [2.75, 3.05) is 46.1 Å². The summed E-state index contributed by atoms with van der Waals surface area (Å²) in [6, 6.07) is 8.31. The SMILES string of the molecule is CCNC(=NCCCOC1CCOC1)NCCOc1ccc(C(C)C)cc1.I. The van der Waals surface area contributed by atoms with E-state index in [1.807, 2.05) is 12.1 Å². The highest BCUT2D eigenvalue weighted by atomic mass is 127. The minimum absolute atomic E-state index is 0. The fourth-order valence-corrected chi connectivity index (χ4v) is 2.78. The average Bonchev–Trinajstić information content (AvgIpc) is 3.18. The summed E-state index contributed by atoms with van der Waals surface area (Å²) in [5.41, 5.74) is 1.33. The number of guanidine groups is 1. The van der Waals surface area contributed by atoms with Crippen LogP contribution in [0, 0.1) is 0 Å².